The molecule has 0 fully saturated rings. The van der Waals surface area contributed by atoms with Crippen LogP contribution in [0, 0.1) is 0 Å². The zero-order chi connectivity index (χ0) is 10.6. The van der Waals surface area contributed by atoms with Gasteiger partial charge in [-0.1, -0.05) is 23.2 Å². The molecule has 0 aliphatic rings. The van der Waals surface area contributed by atoms with Crippen molar-refractivity contribution >= 4 is 29.2 Å². The molecule has 0 saturated heterocycles. The van der Waals surface area contributed by atoms with Crippen molar-refractivity contribution < 1.29 is 9.90 Å². The lowest BCUT2D eigenvalue weighted by Gasteiger charge is -2.01. The van der Waals surface area contributed by atoms with E-state index in [1.807, 2.05) is 0 Å². The van der Waals surface area contributed by atoms with Gasteiger partial charge in [0.25, 0.3) is 0 Å². The summed E-state index contributed by atoms with van der Waals surface area (Å²) in [5.74, 6) is -0.778. The minimum atomic E-state index is -0.778. The highest BCUT2D eigenvalue weighted by Crippen LogP contribution is 2.19. The number of halogens is 2. The average Bonchev–Trinajstić information content (AvgIpc) is 2.43. The standard InChI is InChI=1S/C8H10Cl2N2O2/c9-7-8(10)12(5-11-7)4-2-1-3-6(13)14/h5H,1-4H2,(H,13,14). The number of aromatic nitrogens is 2. The van der Waals surface area contributed by atoms with Crippen LogP contribution in [-0.4, -0.2) is 20.6 Å². The third kappa shape index (κ3) is 3.20. The lowest BCUT2D eigenvalue weighted by molar-refractivity contribution is -0.137. The highest BCUT2D eigenvalue weighted by atomic mass is 35.5. The summed E-state index contributed by atoms with van der Waals surface area (Å²) >= 11 is 11.4. The Morgan fingerprint density at radius 2 is 2.21 bits per heavy atom. The monoisotopic (exact) mass is 236 g/mol. The fourth-order valence-electron chi connectivity index (χ4n) is 1.06. The van der Waals surface area contributed by atoms with Crippen molar-refractivity contribution in [2.45, 2.75) is 25.8 Å². The summed E-state index contributed by atoms with van der Waals surface area (Å²) in [4.78, 5) is 14.0. The third-order valence-corrected chi connectivity index (χ3v) is 2.54. The molecule has 0 spiro atoms. The van der Waals surface area contributed by atoms with Crippen LogP contribution in [0.15, 0.2) is 6.33 Å². The van der Waals surface area contributed by atoms with Crippen LogP contribution < -0.4 is 0 Å². The first-order valence-corrected chi connectivity index (χ1v) is 4.95. The molecule has 0 aromatic carbocycles. The molecular formula is C8H10Cl2N2O2. The Kier molecular flexibility index (Phi) is 4.22. The number of unbranched alkanes of at least 4 members (excludes halogenated alkanes) is 1. The van der Waals surface area contributed by atoms with E-state index in [4.69, 9.17) is 28.3 Å². The Morgan fingerprint density at radius 1 is 1.50 bits per heavy atom. The van der Waals surface area contributed by atoms with Gasteiger partial charge in [0, 0.05) is 13.0 Å². The quantitative estimate of drug-likeness (QED) is 0.800. The maximum absolute atomic E-state index is 10.2. The van der Waals surface area contributed by atoms with Gasteiger partial charge < -0.3 is 9.67 Å². The van der Waals surface area contributed by atoms with Crippen molar-refractivity contribution in [1.29, 1.82) is 0 Å². The first-order valence-electron chi connectivity index (χ1n) is 4.19. The van der Waals surface area contributed by atoms with Gasteiger partial charge in [0.1, 0.15) is 5.15 Å². The van der Waals surface area contributed by atoms with Crippen LogP contribution in [0.5, 0.6) is 0 Å². The van der Waals surface area contributed by atoms with E-state index in [0.29, 0.717) is 18.1 Å². The molecule has 0 bridgehead atoms. The van der Waals surface area contributed by atoms with Crippen LogP contribution >= 0.6 is 23.2 Å². The Bertz CT molecular complexity index is 325. The normalized spacial score (nSPS) is 10.4. The fraction of sp³-hybridized carbons (Fsp3) is 0.500. The Balaban J connectivity index is 2.31. The second-order valence-electron chi connectivity index (χ2n) is 2.87. The molecule has 0 saturated carbocycles. The Labute approximate surface area is 91.5 Å². The Hall–Kier alpha value is -0.740. The highest BCUT2D eigenvalue weighted by molar-refractivity contribution is 6.40. The van der Waals surface area contributed by atoms with Crippen molar-refractivity contribution in [3.05, 3.63) is 16.6 Å². The largest absolute Gasteiger partial charge is 0.481 e. The first-order chi connectivity index (χ1) is 6.61. The fourth-order valence-corrected chi connectivity index (χ4v) is 1.39. The molecule has 0 unspecified atom stereocenters. The zero-order valence-corrected chi connectivity index (χ0v) is 8.92. The van der Waals surface area contributed by atoms with Gasteiger partial charge in [-0.2, -0.15) is 0 Å². The van der Waals surface area contributed by atoms with E-state index in [9.17, 15) is 4.79 Å². The number of imidazole rings is 1. The van der Waals surface area contributed by atoms with Gasteiger partial charge in [-0.25, -0.2) is 4.98 Å². The third-order valence-electron chi connectivity index (χ3n) is 1.77. The first kappa shape index (κ1) is 11.3. The van der Waals surface area contributed by atoms with Crippen molar-refractivity contribution in [1.82, 2.24) is 9.55 Å². The number of hydrogen-bond donors (Lipinski definition) is 1. The summed E-state index contributed by atoms with van der Waals surface area (Å²) in [5.41, 5.74) is 0. The maximum Gasteiger partial charge on any atom is 0.303 e. The lowest BCUT2D eigenvalue weighted by Crippen LogP contribution is -1.99. The molecule has 0 amide bonds. The number of carbonyl (C=O) groups is 1. The summed E-state index contributed by atoms with van der Waals surface area (Å²) < 4.78 is 1.70. The van der Waals surface area contributed by atoms with Crippen molar-refractivity contribution in [2.24, 2.45) is 0 Å². The maximum atomic E-state index is 10.2. The van der Waals surface area contributed by atoms with Gasteiger partial charge in [0.2, 0.25) is 0 Å². The predicted octanol–water partition coefficient (Wildman–Crippen LogP) is 2.44. The van der Waals surface area contributed by atoms with Crippen LogP contribution in [0.2, 0.25) is 10.3 Å². The smallest absolute Gasteiger partial charge is 0.303 e. The average molecular weight is 237 g/mol. The van der Waals surface area contributed by atoms with Crippen molar-refractivity contribution in [3.8, 4) is 0 Å². The number of nitrogens with zero attached hydrogens (tertiary/aromatic N) is 2. The van der Waals surface area contributed by atoms with E-state index >= 15 is 0 Å². The van der Waals surface area contributed by atoms with Gasteiger partial charge >= 0.3 is 5.97 Å². The molecule has 6 heteroatoms. The number of carboxylic acid groups (broad SMARTS) is 1. The second kappa shape index (κ2) is 5.22. The highest BCUT2D eigenvalue weighted by Gasteiger charge is 2.05. The van der Waals surface area contributed by atoms with Gasteiger partial charge in [-0.15, -0.1) is 0 Å². The van der Waals surface area contributed by atoms with Gasteiger partial charge in [-0.05, 0) is 12.8 Å². The van der Waals surface area contributed by atoms with Crippen LogP contribution in [0.1, 0.15) is 19.3 Å². The zero-order valence-electron chi connectivity index (χ0n) is 7.41. The molecular weight excluding hydrogens is 227 g/mol. The van der Waals surface area contributed by atoms with E-state index in [1.54, 1.807) is 10.9 Å². The van der Waals surface area contributed by atoms with Gasteiger partial charge in [0.05, 0.1) is 6.33 Å². The molecule has 78 valence electrons. The molecule has 0 atom stereocenters. The minimum Gasteiger partial charge on any atom is -0.481 e. The van der Waals surface area contributed by atoms with E-state index in [-0.39, 0.29) is 11.6 Å². The van der Waals surface area contributed by atoms with Crippen LogP contribution in [0.25, 0.3) is 0 Å². The topological polar surface area (TPSA) is 55.1 Å². The second-order valence-corrected chi connectivity index (χ2v) is 3.59. The molecule has 1 rings (SSSR count). The molecule has 0 radical (unpaired) electrons. The number of rotatable bonds is 5. The minimum absolute atomic E-state index is 0.181. The van der Waals surface area contributed by atoms with Gasteiger partial charge in [0.15, 0.2) is 5.15 Å². The molecule has 4 nitrogen and oxygen atoms in total. The Morgan fingerprint density at radius 3 is 2.71 bits per heavy atom. The summed E-state index contributed by atoms with van der Waals surface area (Å²) in [6, 6.07) is 0. The molecule has 1 aromatic heterocycles. The van der Waals surface area contributed by atoms with Crippen molar-refractivity contribution in [3.63, 3.8) is 0 Å². The van der Waals surface area contributed by atoms with Crippen LogP contribution in [0.3, 0.4) is 0 Å². The number of hydrogen-bond acceptors (Lipinski definition) is 2. The van der Waals surface area contributed by atoms with Crippen molar-refractivity contribution in [2.75, 3.05) is 0 Å². The SMILES string of the molecule is O=C(O)CCCCn1cnc(Cl)c1Cl. The van der Waals surface area contributed by atoms with E-state index in [0.717, 1.165) is 6.42 Å². The number of carboxylic acids is 1. The molecule has 0 aliphatic carbocycles. The van der Waals surface area contributed by atoms with Crippen LogP contribution in [-0.2, 0) is 11.3 Å². The van der Waals surface area contributed by atoms with E-state index in [2.05, 4.69) is 4.98 Å². The summed E-state index contributed by atoms with van der Waals surface area (Å²) in [5, 5.41) is 9.09. The number of aliphatic carboxylic acids is 1. The molecule has 0 aliphatic heterocycles. The van der Waals surface area contributed by atoms with Gasteiger partial charge in [-0.3, -0.25) is 4.79 Å². The number of aryl methyl sites for hydroxylation is 1. The summed E-state index contributed by atoms with van der Waals surface area (Å²) in [7, 11) is 0. The van der Waals surface area contributed by atoms with Crippen LogP contribution in [0.4, 0.5) is 0 Å². The molecule has 1 heterocycles. The summed E-state index contributed by atoms with van der Waals surface area (Å²) in [6.07, 6.45) is 3.10. The lowest BCUT2D eigenvalue weighted by atomic mass is 10.2. The molecule has 1 N–H and O–H groups in total. The van der Waals surface area contributed by atoms with E-state index < -0.39 is 5.97 Å². The van der Waals surface area contributed by atoms with E-state index in [1.165, 1.54) is 0 Å². The predicted molar refractivity (Wildman–Crippen MR) is 53.7 cm³/mol. The molecule has 14 heavy (non-hydrogen) atoms. The summed E-state index contributed by atoms with van der Waals surface area (Å²) in [6.45, 7) is 0.645. The molecule has 1 aromatic rings.